The molecular weight excluding hydrogens is 282 g/mol. The van der Waals surface area contributed by atoms with E-state index in [2.05, 4.69) is 55.5 Å². The largest absolute Gasteiger partial charge is 0.334 e. The van der Waals surface area contributed by atoms with Crippen molar-refractivity contribution in [3.63, 3.8) is 0 Å². The van der Waals surface area contributed by atoms with Crippen LogP contribution in [0.2, 0.25) is 0 Å². The smallest absolute Gasteiger partial charge is 0.224 e. The Balaban J connectivity index is 1.70. The van der Waals surface area contributed by atoms with Gasteiger partial charge in [-0.1, -0.05) is 54.6 Å². The predicted octanol–water partition coefficient (Wildman–Crippen LogP) is 4.12. The maximum Gasteiger partial charge on any atom is 0.224 e. The van der Waals surface area contributed by atoms with Crippen LogP contribution in [0.1, 0.15) is 40.2 Å². The topological polar surface area (TPSA) is 20.3 Å². The first-order valence-electron chi connectivity index (χ1n) is 8.32. The van der Waals surface area contributed by atoms with Crippen molar-refractivity contribution in [1.29, 1.82) is 0 Å². The summed E-state index contributed by atoms with van der Waals surface area (Å²) in [5.41, 5.74) is 6.59. The Morgan fingerprint density at radius 1 is 1.09 bits per heavy atom. The van der Waals surface area contributed by atoms with Crippen LogP contribution in [0, 0.1) is 6.92 Å². The lowest BCUT2D eigenvalue weighted by atomic mass is 9.83. The molecule has 1 atom stereocenters. The van der Waals surface area contributed by atoms with Crippen LogP contribution in [-0.2, 0) is 24.3 Å². The first-order chi connectivity index (χ1) is 11.2. The average molecular weight is 303 g/mol. The van der Waals surface area contributed by atoms with Crippen LogP contribution in [0.25, 0.3) is 0 Å². The fourth-order valence-electron chi connectivity index (χ4n) is 3.83. The molecule has 116 valence electrons. The Morgan fingerprint density at radius 3 is 2.78 bits per heavy atom. The molecule has 0 N–H and O–H groups in total. The number of allylic oxidation sites excluding steroid dienone is 2. The van der Waals surface area contributed by atoms with E-state index < -0.39 is 0 Å². The molecule has 0 saturated carbocycles. The zero-order valence-corrected chi connectivity index (χ0v) is 13.5. The molecule has 2 aliphatic rings. The van der Waals surface area contributed by atoms with Gasteiger partial charge in [0.2, 0.25) is 5.91 Å². The Bertz CT molecular complexity index is 790. The van der Waals surface area contributed by atoms with Gasteiger partial charge in [-0.25, -0.2) is 0 Å². The van der Waals surface area contributed by atoms with E-state index in [0.29, 0.717) is 13.0 Å². The molecule has 0 radical (unpaired) electrons. The second kappa shape index (κ2) is 5.69. The highest BCUT2D eigenvalue weighted by molar-refractivity contribution is 5.79. The summed E-state index contributed by atoms with van der Waals surface area (Å²) in [6, 6.07) is 14.9. The first kappa shape index (κ1) is 14.3. The highest BCUT2D eigenvalue weighted by atomic mass is 16.2. The molecule has 0 fully saturated rings. The molecule has 2 heteroatoms. The zero-order chi connectivity index (χ0) is 15.8. The lowest BCUT2D eigenvalue weighted by molar-refractivity contribution is -0.132. The number of nitrogens with zero attached hydrogens (tertiary/aromatic N) is 1. The summed E-state index contributed by atoms with van der Waals surface area (Å²) < 4.78 is 0. The van der Waals surface area contributed by atoms with Gasteiger partial charge in [0.05, 0.1) is 0 Å². The van der Waals surface area contributed by atoms with Gasteiger partial charge in [-0.2, -0.15) is 0 Å². The van der Waals surface area contributed by atoms with Crippen LogP contribution in [0.5, 0.6) is 0 Å². The standard InChI is InChI=1S/C21H21NO/c1-15-6-2-3-7-18(15)13-22-14-19-11-5-9-16-8-4-10-17(21(16)19)12-20(22)23/h2-7,9-11,17H,8,12-14H2,1H3/t17-/m1/s1. The molecule has 2 aromatic rings. The number of amides is 1. The normalized spacial score (nSPS) is 19.4. The van der Waals surface area contributed by atoms with Crippen molar-refractivity contribution >= 4 is 5.91 Å². The molecule has 23 heavy (non-hydrogen) atoms. The van der Waals surface area contributed by atoms with E-state index in [-0.39, 0.29) is 11.8 Å². The van der Waals surface area contributed by atoms with Gasteiger partial charge in [0.1, 0.15) is 0 Å². The van der Waals surface area contributed by atoms with E-state index in [1.807, 2.05) is 11.0 Å². The Kier molecular flexibility index (Phi) is 3.53. The third-order valence-corrected chi connectivity index (χ3v) is 5.09. The number of aryl methyl sites for hydroxylation is 1. The van der Waals surface area contributed by atoms with E-state index in [4.69, 9.17) is 0 Å². The van der Waals surface area contributed by atoms with Gasteiger partial charge in [-0.3, -0.25) is 4.79 Å². The number of rotatable bonds is 2. The van der Waals surface area contributed by atoms with Crippen molar-refractivity contribution in [3.8, 4) is 0 Å². The van der Waals surface area contributed by atoms with E-state index in [9.17, 15) is 4.79 Å². The van der Waals surface area contributed by atoms with Gasteiger partial charge in [-0.15, -0.1) is 0 Å². The summed E-state index contributed by atoms with van der Waals surface area (Å²) >= 11 is 0. The highest BCUT2D eigenvalue weighted by Crippen LogP contribution is 2.36. The summed E-state index contributed by atoms with van der Waals surface area (Å²) in [5.74, 6) is 0.510. The lowest BCUT2D eigenvalue weighted by Crippen LogP contribution is -2.29. The van der Waals surface area contributed by atoms with E-state index in [0.717, 1.165) is 13.0 Å². The predicted molar refractivity (Wildman–Crippen MR) is 92.1 cm³/mol. The molecule has 1 amide bonds. The van der Waals surface area contributed by atoms with Crippen LogP contribution in [-0.4, -0.2) is 10.8 Å². The maximum atomic E-state index is 12.8. The molecule has 4 rings (SSSR count). The molecule has 0 unspecified atom stereocenters. The number of hydrogen-bond donors (Lipinski definition) is 0. The fraction of sp³-hybridized carbons (Fsp3) is 0.286. The lowest BCUT2D eigenvalue weighted by Gasteiger charge is -2.22. The van der Waals surface area contributed by atoms with Gasteiger partial charge in [-0.05, 0) is 41.2 Å². The fourth-order valence-corrected chi connectivity index (χ4v) is 3.83. The minimum Gasteiger partial charge on any atom is -0.334 e. The van der Waals surface area contributed by atoms with E-state index in [1.54, 1.807) is 0 Å². The van der Waals surface area contributed by atoms with Crippen LogP contribution in [0.4, 0.5) is 0 Å². The number of benzene rings is 2. The van der Waals surface area contributed by atoms with Crippen LogP contribution in [0.15, 0.2) is 54.6 Å². The quantitative estimate of drug-likeness (QED) is 0.764. The molecule has 0 spiro atoms. The number of carbonyl (C=O) groups excluding carboxylic acids is 1. The Hall–Kier alpha value is -2.35. The molecule has 1 heterocycles. The summed E-state index contributed by atoms with van der Waals surface area (Å²) in [4.78, 5) is 14.8. The van der Waals surface area contributed by atoms with Crippen molar-refractivity contribution < 1.29 is 4.79 Å². The SMILES string of the molecule is Cc1ccccc1CN1Cc2cccc3c2[C@H](C=CC3)CC1=O. The van der Waals surface area contributed by atoms with Gasteiger partial charge >= 0.3 is 0 Å². The maximum absolute atomic E-state index is 12.8. The number of hydrogen-bond acceptors (Lipinski definition) is 1. The second-order valence-corrected chi connectivity index (χ2v) is 6.61. The zero-order valence-electron chi connectivity index (χ0n) is 13.5. The van der Waals surface area contributed by atoms with Gasteiger partial charge in [0.25, 0.3) is 0 Å². The second-order valence-electron chi connectivity index (χ2n) is 6.61. The number of carbonyl (C=O) groups is 1. The summed E-state index contributed by atoms with van der Waals surface area (Å²) in [6.07, 6.45) is 6.01. The highest BCUT2D eigenvalue weighted by Gasteiger charge is 2.29. The van der Waals surface area contributed by atoms with Crippen LogP contribution in [0.3, 0.4) is 0 Å². The monoisotopic (exact) mass is 303 g/mol. The van der Waals surface area contributed by atoms with Crippen molar-refractivity contribution in [2.75, 3.05) is 0 Å². The summed E-state index contributed by atoms with van der Waals surface area (Å²) in [5, 5.41) is 0. The van der Waals surface area contributed by atoms with Gasteiger partial charge < -0.3 is 4.90 Å². The Morgan fingerprint density at radius 2 is 1.91 bits per heavy atom. The minimum absolute atomic E-state index is 0.254. The molecule has 2 nitrogen and oxygen atoms in total. The molecule has 2 aromatic carbocycles. The van der Waals surface area contributed by atoms with E-state index >= 15 is 0 Å². The molecular formula is C21H21NO. The minimum atomic E-state index is 0.254. The molecule has 1 aliphatic carbocycles. The van der Waals surface area contributed by atoms with Crippen molar-refractivity contribution in [1.82, 2.24) is 4.90 Å². The Labute approximate surface area is 137 Å². The average Bonchev–Trinajstić information content (AvgIpc) is 2.69. The van der Waals surface area contributed by atoms with Crippen molar-refractivity contribution in [2.24, 2.45) is 0 Å². The van der Waals surface area contributed by atoms with Crippen molar-refractivity contribution in [3.05, 3.63) is 82.4 Å². The van der Waals surface area contributed by atoms with Crippen molar-refractivity contribution in [2.45, 2.75) is 38.8 Å². The first-order valence-corrected chi connectivity index (χ1v) is 8.32. The molecule has 1 aliphatic heterocycles. The van der Waals surface area contributed by atoms with Gasteiger partial charge in [0.15, 0.2) is 0 Å². The molecule has 0 aromatic heterocycles. The summed E-state index contributed by atoms with van der Waals surface area (Å²) in [6.45, 7) is 3.54. The van der Waals surface area contributed by atoms with Crippen LogP contribution >= 0.6 is 0 Å². The third kappa shape index (κ3) is 2.59. The van der Waals surface area contributed by atoms with E-state index in [1.165, 1.54) is 27.8 Å². The van der Waals surface area contributed by atoms with Gasteiger partial charge in [0, 0.05) is 25.4 Å². The van der Waals surface area contributed by atoms with Crippen LogP contribution < -0.4 is 0 Å². The summed E-state index contributed by atoms with van der Waals surface area (Å²) in [7, 11) is 0. The third-order valence-electron chi connectivity index (χ3n) is 5.09. The molecule has 0 bridgehead atoms. The molecule has 0 saturated heterocycles.